The van der Waals surface area contributed by atoms with Crippen molar-refractivity contribution in [1.29, 1.82) is 0 Å². The van der Waals surface area contributed by atoms with Gasteiger partial charge in [0, 0.05) is 11.1 Å². The molecule has 0 aliphatic carbocycles. The lowest BCUT2D eigenvalue weighted by molar-refractivity contribution is 0.388. The zero-order valence-corrected chi connectivity index (χ0v) is 13.5. The lowest BCUT2D eigenvalue weighted by atomic mass is 9.98. The summed E-state index contributed by atoms with van der Waals surface area (Å²) in [6, 6.07) is 5.72. The third-order valence-electron chi connectivity index (χ3n) is 3.45. The van der Waals surface area contributed by atoms with Crippen LogP contribution in [0.15, 0.2) is 28.9 Å². The van der Waals surface area contributed by atoms with Crippen molar-refractivity contribution in [1.82, 2.24) is 5.32 Å². The van der Waals surface area contributed by atoms with Crippen molar-refractivity contribution in [2.24, 2.45) is 0 Å². The molecular formula is C16H20ClNO3. The summed E-state index contributed by atoms with van der Waals surface area (Å²) in [5, 5.41) is 3.92. The molecule has 1 atom stereocenters. The molecule has 1 heterocycles. The Kier molecular flexibility index (Phi) is 5.15. The van der Waals surface area contributed by atoms with Crippen molar-refractivity contribution in [3.63, 3.8) is 0 Å². The molecule has 0 aliphatic heterocycles. The fourth-order valence-corrected chi connectivity index (χ4v) is 2.76. The van der Waals surface area contributed by atoms with Crippen LogP contribution in [0.2, 0.25) is 5.02 Å². The molecule has 2 rings (SSSR count). The molecule has 5 heteroatoms. The molecule has 0 saturated heterocycles. The molecule has 114 valence electrons. The van der Waals surface area contributed by atoms with Gasteiger partial charge < -0.3 is 19.2 Å². The van der Waals surface area contributed by atoms with Crippen molar-refractivity contribution in [3.05, 3.63) is 46.4 Å². The van der Waals surface area contributed by atoms with Crippen LogP contribution < -0.4 is 14.8 Å². The van der Waals surface area contributed by atoms with E-state index < -0.39 is 0 Å². The van der Waals surface area contributed by atoms with Gasteiger partial charge in [0.25, 0.3) is 0 Å². The molecule has 2 aromatic rings. The van der Waals surface area contributed by atoms with E-state index in [-0.39, 0.29) is 6.04 Å². The minimum Gasteiger partial charge on any atom is -0.495 e. The molecule has 1 N–H and O–H groups in total. The van der Waals surface area contributed by atoms with Gasteiger partial charge in [0.1, 0.15) is 22.3 Å². The second kappa shape index (κ2) is 6.87. The van der Waals surface area contributed by atoms with Gasteiger partial charge in [-0.25, -0.2) is 0 Å². The zero-order valence-electron chi connectivity index (χ0n) is 12.7. The highest BCUT2D eigenvalue weighted by atomic mass is 35.5. The minimum absolute atomic E-state index is 0.0490. The fraction of sp³-hybridized carbons (Fsp3) is 0.375. The lowest BCUT2D eigenvalue weighted by Crippen LogP contribution is -2.23. The number of nitrogens with one attached hydrogen (secondary N) is 1. The van der Waals surface area contributed by atoms with Gasteiger partial charge in [-0.15, -0.1) is 0 Å². The maximum atomic E-state index is 6.36. The van der Waals surface area contributed by atoms with Crippen molar-refractivity contribution >= 4 is 11.6 Å². The van der Waals surface area contributed by atoms with Crippen LogP contribution in [-0.2, 0) is 0 Å². The van der Waals surface area contributed by atoms with Crippen molar-refractivity contribution in [2.75, 3.05) is 20.8 Å². The topological polar surface area (TPSA) is 43.6 Å². The number of hydrogen-bond acceptors (Lipinski definition) is 4. The van der Waals surface area contributed by atoms with Crippen molar-refractivity contribution in [3.8, 4) is 11.5 Å². The van der Waals surface area contributed by atoms with Crippen LogP contribution in [0.1, 0.15) is 29.9 Å². The van der Waals surface area contributed by atoms with Gasteiger partial charge in [0.2, 0.25) is 0 Å². The highest BCUT2D eigenvalue weighted by Crippen LogP contribution is 2.41. The fourth-order valence-electron chi connectivity index (χ4n) is 2.43. The molecule has 0 amide bonds. The van der Waals surface area contributed by atoms with E-state index in [9.17, 15) is 0 Å². The van der Waals surface area contributed by atoms with E-state index in [4.69, 9.17) is 25.5 Å². The SMILES string of the molecule is CCNC(c1ccoc1C)c1ccc(OC)c(Cl)c1OC. The van der Waals surface area contributed by atoms with Gasteiger partial charge >= 0.3 is 0 Å². The summed E-state index contributed by atoms with van der Waals surface area (Å²) in [4.78, 5) is 0. The summed E-state index contributed by atoms with van der Waals surface area (Å²) < 4.78 is 16.2. The first-order chi connectivity index (χ1) is 10.1. The van der Waals surface area contributed by atoms with Gasteiger partial charge in [-0.2, -0.15) is 0 Å². The van der Waals surface area contributed by atoms with Crippen molar-refractivity contribution < 1.29 is 13.9 Å². The number of benzene rings is 1. The number of aryl methyl sites for hydroxylation is 1. The molecule has 21 heavy (non-hydrogen) atoms. The van der Waals surface area contributed by atoms with Gasteiger partial charge in [0.15, 0.2) is 0 Å². The Morgan fingerprint density at radius 3 is 2.48 bits per heavy atom. The molecule has 1 aromatic carbocycles. The monoisotopic (exact) mass is 309 g/mol. The van der Waals surface area contributed by atoms with Crippen LogP contribution in [0.25, 0.3) is 0 Å². The molecule has 0 aliphatic rings. The van der Waals surface area contributed by atoms with E-state index in [1.54, 1.807) is 20.5 Å². The van der Waals surface area contributed by atoms with E-state index >= 15 is 0 Å². The second-order valence-electron chi connectivity index (χ2n) is 4.63. The van der Waals surface area contributed by atoms with Crippen LogP contribution in [-0.4, -0.2) is 20.8 Å². The van der Waals surface area contributed by atoms with Crippen LogP contribution >= 0.6 is 11.6 Å². The Morgan fingerprint density at radius 1 is 1.19 bits per heavy atom. The summed E-state index contributed by atoms with van der Waals surface area (Å²) >= 11 is 6.36. The van der Waals surface area contributed by atoms with Gasteiger partial charge in [-0.3, -0.25) is 0 Å². The Balaban J connectivity index is 2.55. The standard InChI is InChI=1S/C16H20ClNO3/c1-5-18-15(11-8-9-21-10(11)2)12-6-7-13(19-3)14(17)16(12)20-4/h6-9,15,18H,5H2,1-4H3. The van der Waals surface area contributed by atoms with E-state index in [1.807, 2.05) is 25.1 Å². The summed E-state index contributed by atoms with van der Waals surface area (Å²) in [6.07, 6.45) is 1.69. The highest BCUT2D eigenvalue weighted by Gasteiger charge is 2.23. The Bertz CT molecular complexity index is 610. The second-order valence-corrected chi connectivity index (χ2v) is 5.01. The number of ether oxygens (including phenoxy) is 2. The van der Waals surface area contributed by atoms with E-state index in [0.717, 1.165) is 23.4 Å². The van der Waals surface area contributed by atoms with Crippen LogP contribution in [0, 0.1) is 6.92 Å². The van der Waals surface area contributed by atoms with E-state index in [1.165, 1.54) is 0 Å². The summed E-state index contributed by atoms with van der Waals surface area (Å²) in [5.74, 6) is 2.08. The minimum atomic E-state index is -0.0490. The molecule has 0 saturated carbocycles. The molecule has 0 radical (unpaired) electrons. The normalized spacial score (nSPS) is 12.2. The maximum Gasteiger partial charge on any atom is 0.146 e. The Labute approximate surface area is 130 Å². The molecule has 0 fully saturated rings. The maximum absolute atomic E-state index is 6.36. The molecule has 1 aromatic heterocycles. The number of hydrogen-bond donors (Lipinski definition) is 1. The third-order valence-corrected chi connectivity index (χ3v) is 3.80. The van der Waals surface area contributed by atoms with Gasteiger partial charge in [-0.05, 0) is 31.7 Å². The number of methoxy groups -OCH3 is 2. The average molecular weight is 310 g/mol. The quantitative estimate of drug-likeness (QED) is 0.877. The third kappa shape index (κ3) is 3.01. The summed E-state index contributed by atoms with van der Waals surface area (Å²) in [6.45, 7) is 4.80. The molecule has 4 nitrogen and oxygen atoms in total. The van der Waals surface area contributed by atoms with E-state index in [0.29, 0.717) is 16.5 Å². The predicted octanol–water partition coefficient (Wildman–Crippen LogP) is 3.96. The van der Waals surface area contributed by atoms with Crippen LogP contribution in [0.5, 0.6) is 11.5 Å². The van der Waals surface area contributed by atoms with Crippen LogP contribution in [0.4, 0.5) is 0 Å². The summed E-state index contributed by atoms with van der Waals surface area (Å²) in [5.41, 5.74) is 2.02. The van der Waals surface area contributed by atoms with Crippen molar-refractivity contribution in [2.45, 2.75) is 19.9 Å². The molecular weight excluding hydrogens is 290 g/mol. The molecule has 0 bridgehead atoms. The molecule has 0 spiro atoms. The van der Waals surface area contributed by atoms with Gasteiger partial charge in [-0.1, -0.05) is 18.5 Å². The first kappa shape index (κ1) is 15.7. The number of furan rings is 1. The number of rotatable bonds is 6. The van der Waals surface area contributed by atoms with Crippen LogP contribution in [0.3, 0.4) is 0 Å². The van der Waals surface area contributed by atoms with E-state index in [2.05, 4.69) is 12.2 Å². The smallest absolute Gasteiger partial charge is 0.146 e. The lowest BCUT2D eigenvalue weighted by Gasteiger charge is -2.22. The Hall–Kier alpha value is -1.65. The average Bonchev–Trinajstić information content (AvgIpc) is 2.90. The zero-order chi connectivity index (χ0) is 15.4. The summed E-state index contributed by atoms with van der Waals surface area (Å²) in [7, 11) is 3.19. The largest absolute Gasteiger partial charge is 0.495 e. The van der Waals surface area contributed by atoms with Gasteiger partial charge in [0.05, 0.1) is 26.5 Å². The highest BCUT2D eigenvalue weighted by molar-refractivity contribution is 6.33. The predicted molar refractivity (Wildman–Crippen MR) is 83.5 cm³/mol. The first-order valence-corrected chi connectivity index (χ1v) is 7.19. The first-order valence-electron chi connectivity index (χ1n) is 6.81. The molecule has 1 unspecified atom stereocenters. The number of halogens is 1. The Morgan fingerprint density at radius 2 is 1.95 bits per heavy atom.